The van der Waals surface area contributed by atoms with E-state index in [1.807, 2.05) is 6.92 Å². The van der Waals surface area contributed by atoms with Crippen LogP contribution in [0.15, 0.2) is 27.6 Å². The summed E-state index contributed by atoms with van der Waals surface area (Å²) in [6.45, 7) is 2.46. The van der Waals surface area contributed by atoms with Crippen LogP contribution in [-0.2, 0) is 10.0 Å². The standard InChI is InChI=1S/C13H16BrNO4S/c1-2-9-4-3-7-15(9)20(18,19)10-5-6-12(14)11(8-10)13(16)17/h5-6,8-9H,2-4,7H2,1H3,(H,16,17). The number of hydrogen-bond donors (Lipinski definition) is 1. The van der Waals surface area contributed by atoms with E-state index in [0.29, 0.717) is 11.0 Å². The average Bonchev–Trinajstić information content (AvgIpc) is 2.87. The van der Waals surface area contributed by atoms with Crippen molar-refractivity contribution in [3.63, 3.8) is 0 Å². The van der Waals surface area contributed by atoms with Crippen molar-refractivity contribution in [3.05, 3.63) is 28.2 Å². The van der Waals surface area contributed by atoms with E-state index in [2.05, 4.69) is 15.9 Å². The van der Waals surface area contributed by atoms with Gasteiger partial charge in [-0.1, -0.05) is 6.92 Å². The second-order valence-electron chi connectivity index (χ2n) is 4.77. The van der Waals surface area contributed by atoms with Gasteiger partial charge in [0.05, 0.1) is 10.5 Å². The molecule has 5 nitrogen and oxygen atoms in total. The molecule has 1 atom stereocenters. The molecule has 0 spiro atoms. The summed E-state index contributed by atoms with van der Waals surface area (Å²) in [4.78, 5) is 11.1. The van der Waals surface area contributed by atoms with Crippen molar-refractivity contribution in [1.82, 2.24) is 4.31 Å². The predicted molar refractivity (Wildman–Crippen MR) is 78.3 cm³/mol. The Morgan fingerprint density at radius 3 is 2.80 bits per heavy atom. The summed E-state index contributed by atoms with van der Waals surface area (Å²) in [6.07, 6.45) is 2.47. The molecule has 0 amide bonds. The molecule has 0 bridgehead atoms. The monoisotopic (exact) mass is 361 g/mol. The van der Waals surface area contributed by atoms with Gasteiger partial charge in [0.25, 0.3) is 0 Å². The smallest absolute Gasteiger partial charge is 0.336 e. The molecule has 1 aromatic carbocycles. The van der Waals surface area contributed by atoms with Gasteiger partial charge in [-0.3, -0.25) is 0 Å². The quantitative estimate of drug-likeness (QED) is 0.894. The minimum absolute atomic E-state index is 0.0110. The molecule has 110 valence electrons. The van der Waals surface area contributed by atoms with Crippen molar-refractivity contribution in [1.29, 1.82) is 0 Å². The van der Waals surface area contributed by atoms with Crippen molar-refractivity contribution < 1.29 is 18.3 Å². The topological polar surface area (TPSA) is 74.7 Å². The third-order valence-electron chi connectivity index (χ3n) is 3.57. The number of carboxylic acids is 1. The van der Waals surface area contributed by atoms with Gasteiger partial charge in [-0.05, 0) is 53.4 Å². The Balaban J connectivity index is 2.44. The maximum atomic E-state index is 12.6. The lowest BCUT2D eigenvalue weighted by Gasteiger charge is -2.23. The van der Waals surface area contributed by atoms with Crippen LogP contribution in [0.4, 0.5) is 0 Å². The van der Waals surface area contributed by atoms with Gasteiger partial charge in [0, 0.05) is 17.1 Å². The Bertz CT molecular complexity index is 629. The van der Waals surface area contributed by atoms with Crippen molar-refractivity contribution >= 4 is 31.9 Å². The highest BCUT2D eigenvalue weighted by molar-refractivity contribution is 9.10. The van der Waals surface area contributed by atoms with E-state index >= 15 is 0 Å². The van der Waals surface area contributed by atoms with E-state index in [9.17, 15) is 13.2 Å². The summed E-state index contributed by atoms with van der Waals surface area (Å²) in [5.41, 5.74) is -0.0432. The number of sulfonamides is 1. The molecule has 7 heteroatoms. The molecule has 2 rings (SSSR count). The average molecular weight is 362 g/mol. The van der Waals surface area contributed by atoms with E-state index in [1.54, 1.807) is 0 Å². The van der Waals surface area contributed by atoms with Gasteiger partial charge < -0.3 is 5.11 Å². The van der Waals surface area contributed by atoms with Crippen LogP contribution >= 0.6 is 15.9 Å². The Morgan fingerprint density at radius 1 is 1.50 bits per heavy atom. The summed E-state index contributed by atoms with van der Waals surface area (Å²) in [5.74, 6) is -1.15. The number of carboxylic acid groups (broad SMARTS) is 1. The van der Waals surface area contributed by atoms with E-state index < -0.39 is 16.0 Å². The van der Waals surface area contributed by atoms with E-state index in [0.717, 1.165) is 19.3 Å². The summed E-state index contributed by atoms with van der Waals surface area (Å²) in [6, 6.07) is 4.13. The number of benzene rings is 1. The summed E-state index contributed by atoms with van der Waals surface area (Å²) in [7, 11) is -3.62. The lowest BCUT2D eigenvalue weighted by molar-refractivity contribution is 0.0695. The molecule has 20 heavy (non-hydrogen) atoms. The fourth-order valence-corrected chi connectivity index (χ4v) is 4.71. The van der Waals surface area contributed by atoms with Crippen LogP contribution in [0.25, 0.3) is 0 Å². The number of hydrogen-bond acceptors (Lipinski definition) is 3. The summed E-state index contributed by atoms with van der Waals surface area (Å²) < 4.78 is 27.1. The highest BCUT2D eigenvalue weighted by atomic mass is 79.9. The lowest BCUT2D eigenvalue weighted by Crippen LogP contribution is -2.35. The molecule has 1 aromatic rings. The lowest BCUT2D eigenvalue weighted by atomic mass is 10.2. The van der Waals surface area contributed by atoms with Crippen LogP contribution in [0, 0.1) is 0 Å². The first-order chi connectivity index (χ1) is 9.37. The van der Waals surface area contributed by atoms with Gasteiger partial charge in [0.1, 0.15) is 0 Å². The highest BCUT2D eigenvalue weighted by Crippen LogP contribution is 2.29. The van der Waals surface area contributed by atoms with Crippen molar-refractivity contribution in [3.8, 4) is 0 Å². The molecule has 0 saturated carbocycles. The van der Waals surface area contributed by atoms with Gasteiger partial charge in [-0.2, -0.15) is 4.31 Å². The zero-order chi connectivity index (χ0) is 14.9. The van der Waals surface area contributed by atoms with Gasteiger partial charge in [-0.25, -0.2) is 13.2 Å². The predicted octanol–water partition coefficient (Wildman–Crippen LogP) is 2.71. The number of aromatic carboxylic acids is 1. The number of nitrogens with zero attached hydrogens (tertiary/aromatic N) is 1. The van der Waals surface area contributed by atoms with E-state index in [-0.39, 0.29) is 16.5 Å². The zero-order valence-electron chi connectivity index (χ0n) is 11.0. The molecule has 1 saturated heterocycles. The molecular formula is C13H16BrNO4S. The third-order valence-corrected chi connectivity index (χ3v) is 6.21. The first kappa shape index (κ1) is 15.5. The molecule has 1 aliphatic rings. The van der Waals surface area contributed by atoms with Gasteiger partial charge in [0.2, 0.25) is 10.0 Å². The van der Waals surface area contributed by atoms with Crippen LogP contribution in [0.2, 0.25) is 0 Å². The van der Waals surface area contributed by atoms with Crippen molar-refractivity contribution in [2.45, 2.75) is 37.1 Å². The minimum Gasteiger partial charge on any atom is -0.478 e. The maximum Gasteiger partial charge on any atom is 0.336 e. The molecule has 1 fully saturated rings. The maximum absolute atomic E-state index is 12.6. The van der Waals surface area contributed by atoms with E-state index in [1.165, 1.54) is 22.5 Å². The number of carbonyl (C=O) groups is 1. The Labute approximate surface area is 126 Å². The van der Waals surface area contributed by atoms with Crippen LogP contribution in [0.3, 0.4) is 0 Å². The normalized spacial score (nSPS) is 20.2. The zero-order valence-corrected chi connectivity index (χ0v) is 13.4. The molecular weight excluding hydrogens is 346 g/mol. The first-order valence-corrected chi connectivity index (χ1v) is 8.66. The van der Waals surface area contributed by atoms with Crippen LogP contribution in [0.5, 0.6) is 0 Å². The number of rotatable bonds is 4. The van der Waals surface area contributed by atoms with Gasteiger partial charge in [-0.15, -0.1) is 0 Å². The molecule has 0 aromatic heterocycles. The molecule has 1 N–H and O–H groups in total. The molecule has 1 unspecified atom stereocenters. The second kappa shape index (κ2) is 5.83. The van der Waals surface area contributed by atoms with Gasteiger partial charge in [0.15, 0.2) is 0 Å². The summed E-state index contributed by atoms with van der Waals surface area (Å²) in [5, 5.41) is 9.08. The molecule has 0 aliphatic carbocycles. The second-order valence-corrected chi connectivity index (χ2v) is 7.51. The fourth-order valence-electron chi connectivity index (χ4n) is 2.50. The van der Waals surface area contributed by atoms with Crippen LogP contribution < -0.4 is 0 Å². The SMILES string of the molecule is CCC1CCCN1S(=O)(=O)c1ccc(Br)c(C(=O)O)c1. The van der Waals surface area contributed by atoms with Crippen molar-refractivity contribution in [2.24, 2.45) is 0 Å². The van der Waals surface area contributed by atoms with Gasteiger partial charge >= 0.3 is 5.97 Å². The molecule has 0 radical (unpaired) electrons. The molecule has 1 heterocycles. The first-order valence-electron chi connectivity index (χ1n) is 6.42. The fraction of sp³-hybridized carbons (Fsp3) is 0.462. The van der Waals surface area contributed by atoms with Crippen LogP contribution in [-0.4, -0.2) is 36.4 Å². The van der Waals surface area contributed by atoms with E-state index in [4.69, 9.17) is 5.11 Å². The Morgan fingerprint density at radius 2 is 2.20 bits per heavy atom. The Kier molecular flexibility index (Phi) is 4.51. The Hall–Kier alpha value is -0.920. The minimum atomic E-state index is -3.62. The number of halogens is 1. The molecule has 1 aliphatic heterocycles. The summed E-state index contributed by atoms with van der Waals surface area (Å²) >= 11 is 3.12. The van der Waals surface area contributed by atoms with Crippen molar-refractivity contribution in [2.75, 3.05) is 6.54 Å². The largest absolute Gasteiger partial charge is 0.478 e. The van der Waals surface area contributed by atoms with Crippen LogP contribution in [0.1, 0.15) is 36.5 Å². The highest BCUT2D eigenvalue weighted by Gasteiger charge is 2.34. The third kappa shape index (κ3) is 2.75.